The van der Waals surface area contributed by atoms with E-state index in [4.69, 9.17) is 4.42 Å². The molecule has 1 aromatic heterocycles. The number of rotatable bonds is 4. The summed E-state index contributed by atoms with van der Waals surface area (Å²) in [4.78, 5) is 25.8. The molecule has 3 rings (SSSR count). The molecule has 1 aliphatic rings. The van der Waals surface area contributed by atoms with E-state index in [2.05, 4.69) is 10.2 Å². The monoisotopic (exact) mass is 346 g/mol. The fraction of sp³-hybridized carbons (Fsp3) is 0.333. The number of likely N-dealkylation sites (tertiary alicyclic amines) is 1. The van der Waals surface area contributed by atoms with Gasteiger partial charge in [0.25, 0.3) is 0 Å². The Morgan fingerprint density at radius 1 is 1.28 bits per heavy atom. The van der Waals surface area contributed by atoms with Gasteiger partial charge in [0.1, 0.15) is 17.8 Å². The summed E-state index contributed by atoms with van der Waals surface area (Å²) in [5, 5.41) is 12.0. The van der Waals surface area contributed by atoms with Crippen molar-refractivity contribution in [3.05, 3.63) is 58.4 Å². The van der Waals surface area contributed by atoms with E-state index in [-0.39, 0.29) is 17.6 Å². The Bertz CT molecular complexity index is 795. The van der Waals surface area contributed by atoms with Gasteiger partial charge in [-0.15, -0.1) is 0 Å². The van der Waals surface area contributed by atoms with E-state index in [0.29, 0.717) is 43.9 Å². The maximum Gasteiger partial charge on any atom is 0.227 e. The molecule has 1 saturated heterocycles. The highest BCUT2D eigenvalue weighted by Crippen LogP contribution is 2.21. The summed E-state index contributed by atoms with van der Waals surface area (Å²) in [6.07, 6.45) is 2.42. The smallest absolute Gasteiger partial charge is 0.227 e. The lowest BCUT2D eigenvalue weighted by atomic mass is 9.95. The molecule has 2 aromatic rings. The Hall–Kier alpha value is -2.67. The highest BCUT2D eigenvalue weighted by molar-refractivity contribution is 5.92. The minimum atomic E-state index is -0.463. The van der Waals surface area contributed by atoms with Crippen LogP contribution >= 0.6 is 0 Å². The van der Waals surface area contributed by atoms with E-state index in [1.807, 2.05) is 0 Å². The zero-order valence-corrected chi connectivity index (χ0v) is 13.6. The molecule has 0 spiro atoms. The van der Waals surface area contributed by atoms with Crippen LogP contribution < -0.4 is 10.7 Å². The van der Waals surface area contributed by atoms with Crippen LogP contribution in [0.5, 0.6) is 5.75 Å². The Morgan fingerprint density at radius 2 is 1.96 bits per heavy atom. The van der Waals surface area contributed by atoms with E-state index < -0.39 is 11.2 Å². The van der Waals surface area contributed by atoms with E-state index >= 15 is 0 Å². The second-order valence-corrected chi connectivity index (χ2v) is 6.14. The number of nitrogens with one attached hydrogen (secondary N) is 1. The van der Waals surface area contributed by atoms with Gasteiger partial charge in [0, 0.05) is 17.7 Å². The molecule has 6 nitrogen and oxygen atoms in total. The van der Waals surface area contributed by atoms with Crippen molar-refractivity contribution >= 4 is 11.6 Å². The molecule has 0 unspecified atom stereocenters. The molecule has 0 atom stereocenters. The van der Waals surface area contributed by atoms with Gasteiger partial charge in [-0.25, -0.2) is 4.39 Å². The van der Waals surface area contributed by atoms with Gasteiger partial charge < -0.3 is 14.8 Å². The second kappa shape index (κ2) is 7.48. The second-order valence-electron chi connectivity index (χ2n) is 6.14. The molecule has 0 bridgehead atoms. The minimum absolute atomic E-state index is 0.0672. The molecule has 1 aliphatic heterocycles. The topological polar surface area (TPSA) is 82.8 Å². The third-order valence-electron chi connectivity index (χ3n) is 4.32. The first-order valence-electron chi connectivity index (χ1n) is 8.11. The number of anilines is 1. The van der Waals surface area contributed by atoms with E-state index in [9.17, 15) is 19.1 Å². The quantitative estimate of drug-likeness (QED) is 0.888. The van der Waals surface area contributed by atoms with Crippen LogP contribution in [0.1, 0.15) is 18.6 Å². The number of halogens is 1. The normalized spacial score (nSPS) is 15.9. The van der Waals surface area contributed by atoms with Crippen molar-refractivity contribution in [2.45, 2.75) is 19.4 Å². The first-order valence-corrected chi connectivity index (χ1v) is 8.11. The molecule has 1 fully saturated rings. The zero-order valence-electron chi connectivity index (χ0n) is 13.6. The molecule has 2 heterocycles. The summed E-state index contributed by atoms with van der Waals surface area (Å²) in [6.45, 7) is 1.86. The average Bonchev–Trinajstić information content (AvgIpc) is 2.61. The lowest BCUT2D eigenvalue weighted by molar-refractivity contribution is -0.121. The van der Waals surface area contributed by atoms with Crippen LogP contribution in [-0.2, 0) is 11.3 Å². The average molecular weight is 346 g/mol. The fourth-order valence-corrected chi connectivity index (χ4v) is 2.88. The van der Waals surface area contributed by atoms with E-state index in [1.54, 1.807) is 0 Å². The fourth-order valence-electron chi connectivity index (χ4n) is 2.88. The van der Waals surface area contributed by atoms with Crippen molar-refractivity contribution in [3.63, 3.8) is 0 Å². The van der Waals surface area contributed by atoms with Gasteiger partial charge in [-0.05, 0) is 50.2 Å². The van der Waals surface area contributed by atoms with Gasteiger partial charge in [-0.1, -0.05) is 0 Å². The summed E-state index contributed by atoms with van der Waals surface area (Å²) in [5.41, 5.74) is 0.120. The van der Waals surface area contributed by atoms with Crippen LogP contribution in [0, 0.1) is 11.7 Å². The number of hydrogen-bond donors (Lipinski definition) is 2. The Labute approximate surface area is 143 Å². The number of carbonyl (C=O) groups excluding carboxylic acids is 1. The van der Waals surface area contributed by atoms with Gasteiger partial charge in [-0.2, -0.15) is 0 Å². The van der Waals surface area contributed by atoms with Crippen LogP contribution in [0.3, 0.4) is 0 Å². The van der Waals surface area contributed by atoms with Crippen LogP contribution in [0.15, 0.2) is 45.8 Å². The maximum absolute atomic E-state index is 12.9. The van der Waals surface area contributed by atoms with Crippen LogP contribution in [0.25, 0.3) is 0 Å². The molecule has 0 aliphatic carbocycles. The lowest BCUT2D eigenvalue weighted by Crippen LogP contribution is -2.37. The zero-order chi connectivity index (χ0) is 17.8. The Balaban J connectivity index is 1.50. The third kappa shape index (κ3) is 4.45. The minimum Gasteiger partial charge on any atom is -0.502 e. The van der Waals surface area contributed by atoms with Gasteiger partial charge in [0.15, 0.2) is 5.75 Å². The SMILES string of the molecule is O=C(Nc1ccc(F)cc1)C1CCN(Cc2cc(=O)c(O)co2)CC1. The first-order chi connectivity index (χ1) is 12.0. The van der Waals surface area contributed by atoms with Crippen molar-refractivity contribution in [3.8, 4) is 5.75 Å². The highest BCUT2D eigenvalue weighted by Gasteiger charge is 2.25. The lowest BCUT2D eigenvalue weighted by Gasteiger charge is -2.30. The highest BCUT2D eigenvalue weighted by atomic mass is 19.1. The van der Waals surface area contributed by atoms with Gasteiger partial charge >= 0.3 is 0 Å². The number of hydrogen-bond acceptors (Lipinski definition) is 5. The molecule has 1 amide bonds. The summed E-state index contributed by atoms with van der Waals surface area (Å²) in [7, 11) is 0. The third-order valence-corrected chi connectivity index (χ3v) is 4.32. The van der Waals surface area contributed by atoms with Gasteiger partial charge in [-0.3, -0.25) is 14.5 Å². The maximum atomic E-state index is 12.9. The Morgan fingerprint density at radius 3 is 2.60 bits per heavy atom. The van der Waals surface area contributed by atoms with Gasteiger partial charge in [0.2, 0.25) is 11.3 Å². The summed E-state index contributed by atoms with van der Waals surface area (Å²) in [5.74, 6) is -0.431. The molecule has 7 heteroatoms. The van der Waals surface area contributed by atoms with Crippen molar-refractivity contribution in [1.82, 2.24) is 4.90 Å². The van der Waals surface area contributed by atoms with Crippen molar-refractivity contribution in [2.75, 3.05) is 18.4 Å². The van der Waals surface area contributed by atoms with Crippen LogP contribution in [0.4, 0.5) is 10.1 Å². The first kappa shape index (κ1) is 17.2. The van der Waals surface area contributed by atoms with E-state index in [0.717, 1.165) is 6.26 Å². The van der Waals surface area contributed by atoms with Crippen molar-refractivity contribution < 1.29 is 18.7 Å². The number of piperidine rings is 1. The molecule has 25 heavy (non-hydrogen) atoms. The number of amides is 1. The molecule has 2 N–H and O–H groups in total. The standard InChI is InChI=1S/C18H19FN2O4/c19-13-1-3-14(4-2-13)20-18(24)12-5-7-21(8-6-12)10-15-9-16(22)17(23)11-25-15/h1-4,9,11-12,23H,5-8,10H2,(H,20,24). The molecular weight excluding hydrogens is 327 g/mol. The molecular formula is C18H19FN2O4. The summed E-state index contributed by atoms with van der Waals surface area (Å²) in [6, 6.07) is 6.97. The van der Waals surface area contributed by atoms with Crippen LogP contribution in [0.2, 0.25) is 0 Å². The number of aromatic hydroxyl groups is 1. The molecule has 0 radical (unpaired) electrons. The summed E-state index contributed by atoms with van der Waals surface area (Å²) < 4.78 is 18.1. The van der Waals surface area contributed by atoms with Crippen LogP contribution in [-0.4, -0.2) is 29.0 Å². The Kier molecular flexibility index (Phi) is 5.14. The predicted molar refractivity (Wildman–Crippen MR) is 89.7 cm³/mol. The number of nitrogens with zero attached hydrogens (tertiary/aromatic N) is 1. The van der Waals surface area contributed by atoms with E-state index in [1.165, 1.54) is 30.3 Å². The summed E-state index contributed by atoms with van der Waals surface area (Å²) >= 11 is 0. The number of benzene rings is 1. The van der Waals surface area contributed by atoms with Crippen molar-refractivity contribution in [2.24, 2.45) is 5.92 Å². The number of carbonyl (C=O) groups is 1. The molecule has 1 aromatic carbocycles. The molecule has 132 valence electrons. The van der Waals surface area contributed by atoms with Gasteiger partial charge in [0.05, 0.1) is 6.54 Å². The molecule has 0 saturated carbocycles. The predicted octanol–water partition coefficient (Wildman–Crippen LogP) is 2.34. The van der Waals surface area contributed by atoms with Crippen molar-refractivity contribution in [1.29, 1.82) is 0 Å². The largest absolute Gasteiger partial charge is 0.502 e.